The lowest BCUT2D eigenvalue weighted by Gasteiger charge is -2.10. The van der Waals surface area contributed by atoms with Gasteiger partial charge in [0.25, 0.3) is 0 Å². The van der Waals surface area contributed by atoms with Crippen LogP contribution < -0.4 is 4.74 Å². The van der Waals surface area contributed by atoms with Crippen LogP contribution in [0.3, 0.4) is 0 Å². The van der Waals surface area contributed by atoms with Crippen LogP contribution in [-0.4, -0.2) is 28.9 Å². The third kappa shape index (κ3) is 4.44. The second-order valence-electron chi connectivity index (χ2n) is 3.06. The molecule has 0 heterocycles. The number of alkyl halides is 3. The normalized spacial score (nSPS) is 11.3. The van der Waals surface area contributed by atoms with Gasteiger partial charge in [-0.1, -0.05) is 6.07 Å². The van der Waals surface area contributed by atoms with E-state index in [0.29, 0.717) is 0 Å². The maximum Gasteiger partial charge on any atom is 0.441 e. The molecule has 0 radical (unpaired) electrons. The molecule has 0 saturated heterocycles. The van der Waals surface area contributed by atoms with E-state index in [9.17, 15) is 22.4 Å². The van der Waals surface area contributed by atoms with Crippen LogP contribution in [0.15, 0.2) is 18.2 Å². The van der Waals surface area contributed by atoms with Crippen molar-refractivity contribution in [3.8, 4) is 5.75 Å². The maximum absolute atomic E-state index is 13.3. The second kappa shape index (κ2) is 5.94. The van der Waals surface area contributed by atoms with Crippen molar-refractivity contribution in [2.24, 2.45) is 0 Å². The lowest BCUT2D eigenvalue weighted by molar-refractivity contribution is -0.0329. The third-order valence-corrected chi connectivity index (χ3v) is 2.49. The number of benzene rings is 1. The van der Waals surface area contributed by atoms with Crippen LogP contribution in [0.1, 0.15) is 10.4 Å². The molecule has 0 aromatic heterocycles. The Hall–Kier alpha value is -1.44. The molecule has 0 aliphatic rings. The van der Waals surface area contributed by atoms with Gasteiger partial charge in [0.2, 0.25) is 0 Å². The second-order valence-corrected chi connectivity index (χ2v) is 4.22. The quantitative estimate of drug-likeness (QED) is 0.666. The molecule has 0 spiro atoms. The molecular formula is C10H8F4O3S. The Kier molecular flexibility index (Phi) is 4.83. The summed E-state index contributed by atoms with van der Waals surface area (Å²) in [5.74, 6) is -3.33. The first-order chi connectivity index (χ1) is 8.31. The van der Waals surface area contributed by atoms with E-state index in [0.717, 1.165) is 12.1 Å². The first-order valence-electron chi connectivity index (χ1n) is 4.66. The first-order valence-corrected chi connectivity index (χ1v) is 5.65. The van der Waals surface area contributed by atoms with E-state index in [1.165, 1.54) is 6.07 Å². The standard InChI is InChI=1S/C10H8F4O3S/c11-7-3-1-2-6(9(15)16)8(7)17-4-5-18-10(12,13)14/h1-3H,4-5H2,(H,15,16). The molecule has 0 aliphatic carbocycles. The van der Waals surface area contributed by atoms with Crippen LogP contribution in [0.4, 0.5) is 17.6 Å². The van der Waals surface area contributed by atoms with E-state index in [-0.39, 0.29) is 11.8 Å². The Bertz CT molecular complexity index is 434. The van der Waals surface area contributed by atoms with Gasteiger partial charge in [-0.3, -0.25) is 0 Å². The minimum absolute atomic E-state index is 0.322. The number of hydrogen-bond donors (Lipinski definition) is 1. The van der Waals surface area contributed by atoms with Gasteiger partial charge in [-0.2, -0.15) is 13.2 Å². The van der Waals surface area contributed by atoms with Crippen molar-refractivity contribution in [3.05, 3.63) is 29.6 Å². The number of rotatable bonds is 5. The minimum atomic E-state index is -4.39. The van der Waals surface area contributed by atoms with Gasteiger partial charge in [0.1, 0.15) is 5.56 Å². The molecular weight excluding hydrogens is 276 g/mol. The highest BCUT2D eigenvalue weighted by atomic mass is 32.2. The fraction of sp³-hybridized carbons (Fsp3) is 0.300. The zero-order valence-corrected chi connectivity index (χ0v) is 9.65. The largest absolute Gasteiger partial charge is 0.489 e. The average molecular weight is 284 g/mol. The lowest BCUT2D eigenvalue weighted by atomic mass is 10.2. The first kappa shape index (κ1) is 14.6. The molecule has 1 N–H and O–H groups in total. The van der Waals surface area contributed by atoms with E-state index in [1.54, 1.807) is 0 Å². The molecule has 0 aliphatic heterocycles. The highest BCUT2D eigenvalue weighted by Crippen LogP contribution is 2.30. The lowest BCUT2D eigenvalue weighted by Crippen LogP contribution is -2.10. The Morgan fingerprint density at radius 2 is 2.06 bits per heavy atom. The zero-order valence-electron chi connectivity index (χ0n) is 8.83. The monoisotopic (exact) mass is 284 g/mol. The average Bonchev–Trinajstić information content (AvgIpc) is 2.24. The molecule has 0 saturated carbocycles. The fourth-order valence-electron chi connectivity index (χ4n) is 1.13. The molecule has 1 aromatic rings. The summed E-state index contributed by atoms with van der Waals surface area (Å²) >= 11 is -0.322. The van der Waals surface area contributed by atoms with Crippen molar-refractivity contribution < 1.29 is 32.2 Å². The van der Waals surface area contributed by atoms with E-state index in [4.69, 9.17) is 9.84 Å². The zero-order chi connectivity index (χ0) is 13.8. The van der Waals surface area contributed by atoms with Crippen molar-refractivity contribution in [1.29, 1.82) is 0 Å². The third-order valence-electron chi connectivity index (χ3n) is 1.79. The fourth-order valence-corrected chi connectivity index (χ4v) is 1.52. The molecule has 0 fully saturated rings. The predicted octanol–water partition coefficient (Wildman–Crippen LogP) is 3.16. The summed E-state index contributed by atoms with van der Waals surface area (Å²) < 4.78 is 53.4. The number of hydrogen-bond acceptors (Lipinski definition) is 3. The van der Waals surface area contributed by atoms with E-state index in [2.05, 4.69) is 0 Å². The van der Waals surface area contributed by atoms with E-state index >= 15 is 0 Å². The Labute approximate surface area is 104 Å². The van der Waals surface area contributed by atoms with Crippen molar-refractivity contribution in [2.45, 2.75) is 5.51 Å². The van der Waals surface area contributed by atoms with Crippen LogP contribution >= 0.6 is 11.8 Å². The van der Waals surface area contributed by atoms with Gasteiger partial charge in [0.05, 0.1) is 6.61 Å². The number of halogens is 4. The van der Waals surface area contributed by atoms with Crippen molar-refractivity contribution in [3.63, 3.8) is 0 Å². The van der Waals surface area contributed by atoms with Crippen LogP contribution in [0.2, 0.25) is 0 Å². The minimum Gasteiger partial charge on any atom is -0.489 e. The van der Waals surface area contributed by atoms with Gasteiger partial charge in [0.15, 0.2) is 11.6 Å². The summed E-state index contributed by atoms with van der Waals surface area (Å²) in [6.07, 6.45) is 0. The number of aromatic carboxylic acids is 1. The van der Waals surface area contributed by atoms with E-state index < -0.39 is 41.0 Å². The molecule has 1 aromatic carbocycles. The summed E-state index contributed by atoms with van der Waals surface area (Å²) in [6.45, 7) is -0.439. The summed E-state index contributed by atoms with van der Waals surface area (Å²) in [5.41, 5.74) is -4.82. The SMILES string of the molecule is O=C(O)c1cccc(F)c1OCCSC(F)(F)F. The van der Waals surface area contributed by atoms with Gasteiger partial charge in [-0.05, 0) is 23.9 Å². The number of carboxylic acid groups (broad SMARTS) is 1. The number of para-hydroxylation sites is 1. The molecule has 3 nitrogen and oxygen atoms in total. The maximum atomic E-state index is 13.3. The molecule has 18 heavy (non-hydrogen) atoms. The summed E-state index contributed by atoms with van der Waals surface area (Å²) in [5, 5.41) is 8.74. The molecule has 0 unspecified atom stereocenters. The van der Waals surface area contributed by atoms with Crippen LogP contribution in [0.25, 0.3) is 0 Å². The van der Waals surface area contributed by atoms with E-state index in [1.807, 2.05) is 0 Å². The number of ether oxygens (including phenoxy) is 1. The van der Waals surface area contributed by atoms with Gasteiger partial charge >= 0.3 is 11.5 Å². The molecule has 0 atom stereocenters. The van der Waals surface area contributed by atoms with Crippen molar-refractivity contribution in [2.75, 3.05) is 12.4 Å². The van der Waals surface area contributed by atoms with Gasteiger partial charge in [-0.25, -0.2) is 9.18 Å². The predicted molar refractivity (Wildman–Crippen MR) is 57.4 cm³/mol. The summed E-state index contributed by atoms with van der Waals surface area (Å²) in [4.78, 5) is 10.7. The van der Waals surface area contributed by atoms with Crippen LogP contribution in [-0.2, 0) is 0 Å². The van der Waals surface area contributed by atoms with Gasteiger partial charge in [-0.15, -0.1) is 0 Å². The smallest absolute Gasteiger partial charge is 0.441 e. The van der Waals surface area contributed by atoms with Crippen molar-refractivity contribution in [1.82, 2.24) is 0 Å². The topological polar surface area (TPSA) is 46.5 Å². The Morgan fingerprint density at radius 3 is 2.61 bits per heavy atom. The van der Waals surface area contributed by atoms with Crippen LogP contribution in [0.5, 0.6) is 5.75 Å². The van der Waals surface area contributed by atoms with Gasteiger partial charge in [0, 0.05) is 5.75 Å². The highest BCUT2D eigenvalue weighted by Gasteiger charge is 2.27. The summed E-state index contributed by atoms with van der Waals surface area (Å²) in [7, 11) is 0. The molecule has 0 bridgehead atoms. The van der Waals surface area contributed by atoms with Gasteiger partial charge < -0.3 is 9.84 Å². The van der Waals surface area contributed by atoms with Crippen molar-refractivity contribution >= 4 is 17.7 Å². The number of carboxylic acids is 1. The molecule has 8 heteroatoms. The molecule has 100 valence electrons. The number of thioether (sulfide) groups is 1. The molecule has 0 amide bonds. The molecule has 1 rings (SSSR count). The van der Waals surface area contributed by atoms with Crippen LogP contribution in [0, 0.1) is 5.82 Å². The highest BCUT2D eigenvalue weighted by molar-refractivity contribution is 8.00. The Balaban J connectivity index is 2.64. The Morgan fingerprint density at radius 1 is 1.39 bits per heavy atom. The number of carbonyl (C=O) groups is 1. The summed E-state index contributed by atoms with van der Waals surface area (Å²) in [6, 6.07) is 3.26.